The van der Waals surface area contributed by atoms with Crippen LogP contribution in [-0.2, 0) is 4.79 Å². The molecule has 1 fully saturated rings. The van der Waals surface area contributed by atoms with Gasteiger partial charge >= 0.3 is 0 Å². The molecule has 2 aromatic carbocycles. The van der Waals surface area contributed by atoms with Crippen molar-refractivity contribution in [1.29, 1.82) is 0 Å². The highest BCUT2D eigenvalue weighted by molar-refractivity contribution is 6.44. The predicted octanol–water partition coefficient (Wildman–Crippen LogP) is 3.43. The monoisotopic (exact) mass is 392 g/mol. The molecule has 2 aliphatic rings. The summed E-state index contributed by atoms with van der Waals surface area (Å²) in [6.45, 7) is 0.847. The van der Waals surface area contributed by atoms with Crippen LogP contribution in [0.15, 0.2) is 36.4 Å². The molecule has 2 aliphatic heterocycles. The van der Waals surface area contributed by atoms with Crippen LogP contribution < -0.4 is 14.8 Å². The quantitative estimate of drug-likeness (QED) is 0.868. The summed E-state index contributed by atoms with van der Waals surface area (Å²) in [5.41, 5.74) is 0.968. The summed E-state index contributed by atoms with van der Waals surface area (Å²) in [6.07, 6.45) is 0. The van der Waals surface area contributed by atoms with E-state index in [1.807, 2.05) is 0 Å². The molecule has 134 valence electrons. The lowest BCUT2D eigenvalue weighted by molar-refractivity contribution is -0.123. The van der Waals surface area contributed by atoms with Crippen LogP contribution in [0.2, 0.25) is 10.0 Å². The van der Waals surface area contributed by atoms with Crippen LogP contribution in [0.5, 0.6) is 11.5 Å². The van der Waals surface area contributed by atoms with Crippen molar-refractivity contribution in [3.63, 3.8) is 0 Å². The number of rotatable bonds is 3. The van der Waals surface area contributed by atoms with E-state index in [1.54, 1.807) is 41.3 Å². The molecule has 0 aromatic heterocycles. The fraction of sp³-hybridized carbons (Fsp3) is 0.222. The molecule has 1 saturated heterocycles. The molecule has 2 aromatic rings. The first-order valence-corrected chi connectivity index (χ1v) is 8.72. The van der Waals surface area contributed by atoms with Gasteiger partial charge in [0.15, 0.2) is 11.5 Å². The highest BCUT2D eigenvalue weighted by Crippen LogP contribution is 2.34. The van der Waals surface area contributed by atoms with E-state index in [1.165, 1.54) is 0 Å². The summed E-state index contributed by atoms with van der Waals surface area (Å²) >= 11 is 12.0. The Labute approximate surface area is 159 Å². The van der Waals surface area contributed by atoms with Crippen molar-refractivity contribution in [2.45, 2.75) is 0 Å². The fourth-order valence-electron chi connectivity index (χ4n) is 2.86. The summed E-state index contributed by atoms with van der Waals surface area (Å²) in [7, 11) is 0. The molecular formula is C18H14Cl2N2O4. The first-order chi connectivity index (χ1) is 12.5. The van der Waals surface area contributed by atoms with E-state index >= 15 is 0 Å². The van der Waals surface area contributed by atoms with Gasteiger partial charge in [0.05, 0.1) is 21.7 Å². The Morgan fingerprint density at radius 3 is 2.65 bits per heavy atom. The molecular weight excluding hydrogens is 379 g/mol. The van der Waals surface area contributed by atoms with Crippen molar-refractivity contribution in [1.82, 2.24) is 4.90 Å². The van der Waals surface area contributed by atoms with Gasteiger partial charge in [0.1, 0.15) is 0 Å². The first-order valence-electron chi connectivity index (χ1n) is 7.97. The Morgan fingerprint density at radius 2 is 1.85 bits per heavy atom. The van der Waals surface area contributed by atoms with Gasteiger partial charge in [0.25, 0.3) is 5.91 Å². The Bertz CT molecular complexity index is 897. The van der Waals surface area contributed by atoms with Gasteiger partial charge < -0.3 is 19.7 Å². The van der Waals surface area contributed by atoms with Gasteiger partial charge in [-0.25, -0.2) is 0 Å². The summed E-state index contributed by atoms with van der Waals surface area (Å²) in [6, 6.07) is 10.1. The van der Waals surface area contributed by atoms with Gasteiger partial charge in [-0.2, -0.15) is 0 Å². The largest absolute Gasteiger partial charge is 0.454 e. The Hall–Kier alpha value is -2.44. The summed E-state index contributed by atoms with van der Waals surface area (Å²) < 4.78 is 10.5. The van der Waals surface area contributed by atoms with Gasteiger partial charge in [0.2, 0.25) is 12.7 Å². The maximum absolute atomic E-state index is 12.5. The van der Waals surface area contributed by atoms with Gasteiger partial charge in [0, 0.05) is 18.7 Å². The number of nitrogens with one attached hydrogen (secondary N) is 1. The van der Waals surface area contributed by atoms with E-state index < -0.39 is 0 Å². The molecule has 0 unspecified atom stereocenters. The number of amides is 2. The molecule has 0 bridgehead atoms. The molecule has 2 heterocycles. The van der Waals surface area contributed by atoms with Gasteiger partial charge in [-0.15, -0.1) is 0 Å². The van der Waals surface area contributed by atoms with Crippen molar-refractivity contribution in [3.05, 3.63) is 52.0 Å². The second kappa shape index (κ2) is 6.70. The molecule has 0 spiro atoms. The van der Waals surface area contributed by atoms with Crippen molar-refractivity contribution in [3.8, 4) is 11.5 Å². The average molecular weight is 393 g/mol. The fourth-order valence-corrected chi connectivity index (χ4v) is 3.21. The molecule has 2 amide bonds. The minimum atomic E-state index is -0.289. The van der Waals surface area contributed by atoms with Crippen LogP contribution in [0.3, 0.4) is 0 Å². The number of nitrogens with zero attached hydrogens (tertiary/aromatic N) is 1. The highest BCUT2D eigenvalue weighted by atomic mass is 35.5. The number of halogens is 2. The third kappa shape index (κ3) is 3.06. The SMILES string of the molecule is O=C(Nc1cccc(Cl)c1Cl)C1CN(C(=O)c2ccc3c(c2)OCO3)C1. The number of carbonyl (C=O) groups excluding carboxylic acids is 2. The summed E-state index contributed by atoms with van der Waals surface area (Å²) in [5, 5.41) is 3.43. The molecule has 8 heteroatoms. The van der Waals surface area contributed by atoms with E-state index in [2.05, 4.69) is 5.32 Å². The number of hydrogen-bond acceptors (Lipinski definition) is 4. The lowest BCUT2D eigenvalue weighted by atomic mass is 9.97. The zero-order valence-corrected chi connectivity index (χ0v) is 15.0. The number of likely N-dealkylation sites (tertiary alicyclic amines) is 1. The third-order valence-electron chi connectivity index (χ3n) is 4.37. The van der Waals surface area contributed by atoms with Gasteiger partial charge in [-0.3, -0.25) is 9.59 Å². The molecule has 0 saturated carbocycles. The van der Waals surface area contributed by atoms with Crippen molar-refractivity contribution in [2.24, 2.45) is 5.92 Å². The second-order valence-corrected chi connectivity index (χ2v) is 6.85. The van der Waals surface area contributed by atoms with E-state index in [0.717, 1.165) is 0 Å². The normalized spacial score (nSPS) is 15.5. The lowest BCUT2D eigenvalue weighted by Gasteiger charge is -2.38. The number of fused-ring (bicyclic) bond motifs is 1. The van der Waals surface area contributed by atoms with Crippen molar-refractivity contribution >= 4 is 40.7 Å². The van der Waals surface area contributed by atoms with E-state index in [4.69, 9.17) is 32.7 Å². The molecule has 0 aliphatic carbocycles. The average Bonchev–Trinajstić information content (AvgIpc) is 3.05. The molecule has 1 N–H and O–H groups in total. The van der Waals surface area contributed by atoms with Gasteiger partial charge in [-0.05, 0) is 30.3 Å². The van der Waals surface area contributed by atoms with E-state index in [-0.39, 0.29) is 24.5 Å². The van der Waals surface area contributed by atoms with Crippen LogP contribution >= 0.6 is 23.2 Å². The Morgan fingerprint density at radius 1 is 1.08 bits per heavy atom. The minimum Gasteiger partial charge on any atom is -0.454 e. The van der Waals surface area contributed by atoms with Crippen molar-refractivity contribution in [2.75, 3.05) is 25.2 Å². The smallest absolute Gasteiger partial charge is 0.254 e. The van der Waals surface area contributed by atoms with E-state index in [9.17, 15) is 9.59 Å². The van der Waals surface area contributed by atoms with Crippen LogP contribution in [0.25, 0.3) is 0 Å². The number of ether oxygens (including phenoxy) is 2. The second-order valence-electron chi connectivity index (χ2n) is 6.07. The molecule has 26 heavy (non-hydrogen) atoms. The van der Waals surface area contributed by atoms with Crippen LogP contribution in [0, 0.1) is 5.92 Å². The number of carbonyl (C=O) groups is 2. The zero-order chi connectivity index (χ0) is 18.3. The third-order valence-corrected chi connectivity index (χ3v) is 5.19. The van der Waals surface area contributed by atoms with E-state index in [0.29, 0.717) is 45.9 Å². The lowest BCUT2D eigenvalue weighted by Crippen LogP contribution is -2.54. The minimum absolute atomic E-state index is 0.145. The maximum atomic E-state index is 12.5. The first kappa shape index (κ1) is 17.0. The Balaban J connectivity index is 1.36. The number of benzene rings is 2. The molecule has 0 atom stereocenters. The Kier molecular flexibility index (Phi) is 4.38. The summed E-state index contributed by atoms with van der Waals surface area (Å²) in [5.74, 6) is 0.558. The molecule has 0 radical (unpaired) electrons. The predicted molar refractivity (Wildman–Crippen MR) is 97.1 cm³/mol. The zero-order valence-electron chi connectivity index (χ0n) is 13.5. The topological polar surface area (TPSA) is 67.9 Å². The van der Waals surface area contributed by atoms with Crippen LogP contribution in [0.4, 0.5) is 5.69 Å². The standard InChI is InChI=1S/C18H14Cl2N2O4/c19-12-2-1-3-13(16(12)20)21-17(23)11-7-22(8-11)18(24)10-4-5-14-15(6-10)26-9-25-14/h1-6,11H,7-9H2,(H,21,23). The highest BCUT2D eigenvalue weighted by Gasteiger charge is 2.36. The molecule has 6 nitrogen and oxygen atoms in total. The number of anilines is 1. The van der Waals surface area contributed by atoms with Crippen molar-refractivity contribution < 1.29 is 19.1 Å². The summed E-state index contributed by atoms with van der Waals surface area (Å²) in [4.78, 5) is 26.5. The van der Waals surface area contributed by atoms with Crippen LogP contribution in [-0.4, -0.2) is 36.6 Å². The molecule has 4 rings (SSSR count). The maximum Gasteiger partial charge on any atom is 0.254 e. The van der Waals surface area contributed by atoms with Crippen LogP contribution in [0.1, 0.15) is 10.4 Å². The van der Waals surface area contributed by atoms with Gasteiger partial charge in [-0.1, -0.05) is 29.3 Å². The number of hydrogen-bond donors (Lipinski definition) is 1.